The molecule has 1 aliphatic heterocycles. The average Bonchev–Trinajstić information content (AvgIpc) is 3.40. The van der Waals surface area contributed by atoms with E-state index in [0.29, 0.717) is 28.3 Å². The van der Waals surface area contributed by atoms with E-state index in [1.54, 1.807) is 44.6 Å². The molecule has 0 fully saturated rings. The third-order valence-corrected chi connectivity index (χ3v) is 5.30. The second-order valence-electron chi connectivity index (χ2n) is 6.64. The first-order chi connectivity index (χ1) is 14.5. The minimum Gasteiger partial charge on any atom is -0.493 e. The van der Waals surface area contributed by atoms with E-state index in [0.717, 1.165) is 11.1 Å². The van der Waals surface area contributed by atoms with Crippen LogP contribution in [0, 0.1) is 5.82 Å². The molecule has 0 unspecified atom stereocenters. The van der Waals surface area contributed by atoms with Gasteiger partial charge in [0.2, 0.25) is 0 Å². The largest absolute Gasteiger partial charge is 0.493 e. The van der Waals surface area contributed by atoms with Crippen molar-refractivity contribution in [2.75, 3.05) is 14.2 Å². The zero-order valence-corrected chi connectivity index (χ0v) is 17.8. The average molecular weight is 473 g/mol. The van der Waals surface area contributed by atoms with E-state index in [1.807, 2.05) is 12.1 Å². The Hall–Kier alpha value is -3.13. The van der Waals surface area contributed by atoms with Crippen molar-refractivity contribution in [2.45, 2.75) is 12.5 Å². The van der Waals surface area contributed by atoms with Crippen molar-refractivity contribution in [3.05, 3.63) is 82.0 Å². The molecule has 4 rings (SSSR count). The number of amides is 1. The summed E-state index contributed by atoms with van der Waals surface area (Å²) in [5, 5.41) is 5.97. The highest BCUT2D eigenvalue weighted by molar-refractivity contribution is 9.10. The number of nitrogens with zero attached hydrogens (tertiary/aromatic N) is 2. The van der Waals surface area contributed by atoms with Gasteiger partial charge in [0.1, 0.15) is 5.82 Å². The van der Waals surface area contributed by atoms with Crippen LogP contribution in [0.25, 0.3) is 0 Å². The quantitative estimate of drug-likeness (QED) is 0.512. The Morgan fingerprint density at radius 3 is 2.47 bits per heavy atom. The van der Waals surface area contributed by atoms with Gasteiger partial charge in [-0.25, -0.2) is 9.40 Å². The molecule has 0 spiro atoms. The highest BCUT2D eigenvalue weighted by atomic mass is 79.9. The van der Waals surface area contributed by atoms with Crippen LogP contribution in [-0.4, -0.2) is 30.8 Å². The molecule has 6 nitrogen and oxygen atoms in total. The highest BCUT2D eigenvalue weighted by Gasteiger charge is 2.35. The van der Waals surface area contributed by atoms with Crippen molar-refractivity contribution in [2.24, 2.45) is 5.10 Å². The molecule has 0 saturated heterocycles. The van der Waals surface area contributed by atoms with E-state index < -0.39 is 6.04 Å². The second-order valence-corrected chi connectivity index (χ2v) is 7.42. The summed E-state index contributed by atoms with van der Waals surface area (Å²) in [5.41, 5.74) is 2.27. The van der Waals surface area contributed by atoms with Crippen LogP contribution in [-0.2, 0) is 0 Å². The maximum Gasteiger partial charge on any atom is 0.310 e. The number of ether oxygens (including phenoxy) is 2. The number of hydrogen-bond acceptors (Lipinski definition) is 5. The molecule has 1 amide bonds. The van der Waals surface area contributed by atoms with Gasteiger partial charge in [0.05, 0.1) is 26.0 Å². The smallest absolute Gasteiger partial charge is 0.310 e. The van der Waals surface area contributed by atoms with Crippen LogP contribution in [0.5, 0.6) is 11.5 Å². The van der Waals surface area contributed by atoms with Crippen LogP contribution in [0.4, 0.5) is 4.39 Å². The Morgan fingerprint density at radius 1 is 1.10 bits per heavy atom. The summed E-state index contributed by atoms with van der Waals surface area (Å²) >= 11 is 3.21. The lowest BCUT2D eigenvalue weighted by atomic mass is 9.98. The predicted molar refractivity (Wildman–Crippen MR) is 112 cm³/mol. The molecular weight excluding hydrogens is 455 g/mol. The van der Waals surface area contributed by atoms with Gasteiger partial charge >= 0.3 is 5.91 Å². The van der Waals surface area contributed by atoms with Gasteiger partial charge in [-0.15, -0.1) is 0 Å². The van der Waals surface area contributed by atoms with E-state index in [9.17, 15) is 9.18 Å². The third-order valence-electron chi connectivity index (χ3n) is 4.87. The molecule has 8 heteroatoms. The molecule has 0 radical (unpaired) electrons. The number of carbonyl (C=O) groups is 1. The number of rotatable bonds is 5. The van der Waals surface area contributed by atoms with E-state index in [-0.39, 0.29) is 17.5 Å². The SMILES string of the molecule is COc1ccc(C2=NN(C(=O)c3ccc(Br)o3)[C@H](c3ccc(F)cc3)C2)cc1OC. The van der Waals surface area contributed by atoms with Crippen LogP contribution in [0.1, 0.15) is 34.1 Å². The van der Waals surface area contributed by atoms with Gasteiger partial charge in [0.25, 0.3) is 0 Å². The van der Waals surface area contributed by atoms with Crippen molar-refractivity contribution < 1.29 is 23.1 Å². The number of furan rings is 1. The van der Waals surface area contributed by atoms with E-state index in [1.165, 1.54) is 17.1 Å². The van der Waals surface area contributed by atoms with E-state index >= 15 is 0 Å². The molecule has 0 saturated carbocycles. The lowest BCUT2D eigenvalue weighted by Gasteiger charge is -2.21. The summed E-state index contributed by atoms with van der Waals surface area (Å²) in [7, 11) is 3.13. The molecule has 3 aromatic rings. The van der Waals surface area contributed by atoms with Gasteiger partial charge in [-0.1, -0.05) is 12.1 Å². The molecule has 1 aliphatic rings. The van der Waals surface area contributed by atoms with Gasteiger partial charge < -0.3 is 13.9 Å². The first kappa shape index (κ1) is 20.2. The fourth-order valence-electron chi connectivity index (χ4n) is 3.37. The normalized spacial score (nSPS) is 15.8. The monoisotopic (exact) mass is 472 g/mol. The molecule has 1 atom stereocenters. The molecule has 0 N–H and O–H groups in total. The standard InChI is InChI=1S/C22H18BrFN2O4/c1-28-18-8-5-14(11-20(18)29-2)16-12-17(13-3-6-15(24)7-4-13)26(25-16)22(27)19-9-10-21(23)30-19/h3-11,17H,12H2,1-2H3/t17-/m0/s1. The van der Waals surface area contributed by atoms with Crippen LogP contribution < -0.4 is 9.47 Å². The maximum absolute atomic E-state index is 13.4. The number of hydrogen-bond donors (Lipinski definition) is 0. The topological polar surface area (TPSA) is 64.3 Å². The first-order valence-electron chi connectivity index (χ1n) is 9.14. The predicted octanol–water partition coefficient (Wildman–Crippen LogP) is 5.19. The zero-order chi connectivity index (χ0) is 21.3. The fourth-order valence-corrected chi connectivity index (χ4v) is 3.68. The summed E-state index contributed by atoms with van der Waals surface area (Å²) in [6.07, 6.45) is 0.453. The van der Waals surface area contributed by atoms with Crippen LogP contribution in [0.3, 0.4) is 0 Å². The summed E-state index contributed by atoms with van der Waals surface area (Å²) in [4.78, 5) is 13.1. The summed E-state index contributed by atoms with van der Waals surface area (Å²) in [6, 6.07) is 14.4. The maximum atomic E-state index is 13.4. The molecule has 154 valence electrons. The number of benzene rings is 2. The molecular formula is C22H18BrFN2O4. The molecule has 2 aromatic carbocycles. The van der Waals surface area contributed by atoms with Crippen LogP contribution in [0.15, 0.2) is 68.8 Å². The van der Waals surface area contributed by atoms with Gasteiger partial charge in [-0.3, -0.25) is 4.79 Å². The number of methoxy groups -OCH3 is 2. The molecule has 2 heterocycles. The summed E-state index contributed by atoms with van der Waals surface area (Å²) in [5.74, 6) is 0.599. The zero-order valence-electron chi connectivity index (χ0n) is 16.3. The Labute approximate surface area is 181 Å². The number of halogens is 2. The Bertz CT molecular complexity index is 1110. The number of hydrazone groups is 1. The minimum absolute atomic E-state index is 0.159. The van der Waals surface area contributed by atoms with Crippen LogP contribution in [0.2, 0.25) is 0 Å². The van der Waals surface area contributed by atoms with Gasteiger partial charge in [-0.2, -0.15) is 5.10 Å². The van der Waals surface area contributed by atoms with Crippen LogP contribution >= 0.6 is 15.9 Å². The van der Waals surface area contributed by atoms with E-state index in [2.05, 4.69) is 21.0 Å². The van der Waals surface area contributed by atoms with E-state index in [4.69, 9.17) is 13.9 Å². The lowest BCUT2D eigenvalue weighted by Crippen LogP contribution is -2.26. The lowest BCUT2D eigenvalue weighted by molar-refractivity contribution is 0.0677. The summed E-state index contributed by atoms with van der Waals surface area (Å²) in [6.45, 7) is 0. The van der Waals surface area contributed by atoms with Crippen molar-refractivity contribution in [3.8, 4) is 11.5 Å². The Balaban J connectivity index is 1.73. The Kier molecular flexibility index (Phi) is 5.59. The van der Waals surface area contributed by atoms with Gasteiger partial charge in [0.15, 0.2) is 21.9 Å². The fraction of sp³-hybridized carbons (Fsp3) is 0.182. The molecule has 0 bridgehead atoms. The molecule has 0 aliphatic carbocycles. The highest BCUT2D eigenvalue weighted by Crippen LogP contribution is 2.36. The first-order valence-corrected chi connectivity index (χ1v) is 9.93. The van der Waals surface area contributed by atoms with Crippen molar-refractivity contribution in [1.82, 2.24) is 5.01 Å². The Morgan fingerprint density at radius 2 is 1.83 bits per heavy atom. The second kappa shape index (κ2) is 8.31. The van der Waals surface area contributed by atoms with Crippen molar-refractivity contribution >= 4 is 27.5 Å². The summed E-state index contributed by atoms with van der Waals surface area (Å²) < 4.78 is 30.0. The van der Waals surface area contributed by atoms with Gasteiger partial charge in [0, 0.05) is 12.0 Å². The third kappa shape index (κ3) is 3.82. The molecule has 1 aromatic heterocycles. The van der Waals surface area contributed by atoms with Gasteiger partial charge in [-0.05, 0) is 64.0 Å². The number of carbonyl (C=O) groups excluding carboxylic acids is 1. The molecule has 30 heavy (non-hydrogen) atoms. The van der Waals surface area contributed by atoms with Crippen molar-refractivity contribution in [1.29, 1.82) is 0 Å². The van der Waals surface area contributed by atoms with Crippen molar-refractivity contribution in [3.63, 3.8) is 0 Å². The minimum atomic E-state index is -0.398.